The summed E-state index contributed by atoms with van der Waals surface area (Å²) in [5, 5.41) is 2.99. The molecule has 0 fully saturated rings. The Labute approximate surface area is 246 Å². The summed E-state index contributed by atoms with van der Waals surface area (Å²) in [6.45, 7) is 5.72. The minimum atomic E-state index is -0.701. The van der Waals surface area contributed by atoms with Gasteiger partial charge in [0.1, 0.15) is 18.0 Å². The molecule has 0 radical (unpaired) electrons. The number of pyridine rings is 1. The van der Waals surface area contributed by atoms with Gasteiger partial charge in [0.25, 0.3) is 5.91 Å². The zero-order valence-corrected chi connectivity index (χ0v) is 23.8. The van der Waals surface area contributed by atoms with Gasteiger partial charge in [-0.2, -0.15) is 0 Å². The Morgan fingerprint density at radius 3 is 2.00 bits per heavy atom. The van der Waals surface area contributed by atoms with E-state index in [0.717, 1.165) is 27.8 Å². The Morgan fingerprint density at radius 2 is 1.31 bits per heavy atom. The molecule has 0 aliphatic heterocycles. The highest BCUT2D eigenvalue weighted by Crippen LogP contribution is 2.31. The molecule has 6 nitrogen and oxygen atoms in total. The van der Waals surface area contributed by atoms with Gasteiger partial charge in [0.2, 0.25) is 0 Å². The van der Waals surface area contributed by atoms with Gasteiger partial charge >= 0.3 is 5.97 Å². The minimum absolute atomic E-state index is 0.259. The standard InChI is InChI=1S/C36H32N2O4/c1-36(2,3)42-35(40)30-16-14-29(26-12-8-5-9-13-26)23-32(30)38-34(39)31-22-28(27-18-20-37-21-19-27)15-17-33(31)41-24-25-10-6-4-7-11-25/h4-23H,24H2,1-3H3,(H,38,39). The lowest BCUT2D eigenvalue weighted by atomic mass is 10.0. The van der Waals surface area contributed by atoms with Crippen LogP contribution in [0.15, 0.2) is 122 Å². The SMILES string of the molecule is CC(C)(C)OC(=O)c1ccc(-c2ccccc2)cc1NC(=O)c1cc(-c2ccncc2)ccc1OCc1ccccc1. The molecular weight excluding hydrogens is 524 g/mol. The van der Waals surface area contributed by atoms with Gasteiger partial charge in [-0.1, -0.05) is 72.8 Å². The number of esters is 1. The largest absolute Gasteiger partial charge is 0.488 e. The van der Waals surface area contributed by atoms with E-state index in [4.69, 9.17) is 9.47 Å². The molecule has 0 saturated heterocycles. The predicted octanol–water partition coefficient (Wildman–Crippen LogP) is 8.20. The maximum atomic E-state index is 14.0. The molecule has 4 aromatic carbocycles. The van der Waals surface area contributed by atoms with E-state index in [0.29, 0.717) is 23.6 Å². The molecule has 210 valence electrons. The van der Waals surface area contributed by atoms with Crippen LogP contribution in [0.25, 0.3) is 22.3 Å². The maximum Gasteiger partial charge on any atom is 0.340 e. The summed E-state index contributed by atoms with van der Waals surface area (Å²) < 4.78 is 11.8. The van der Waals surface area contributed by atoms with Crippen molar-refractivity contribution in [1.29, 1.82) is 0 Å². The lowest BCUT2D eigenvalue weighted by Gasteiger charge is -2.21. The first-order chi connectivity index (χ1) is 20.3. The number of amides is 1. The first kappa shape index (κ1) is 28.3. The molecule has 0 aliphatic carbocycles. The molecule has 0 aliphatic rings. The zero-order valence-electron chi connectivity index (χ0n) is 23.8. The van der Waals surface area contributed by atoms with E-state index in [2.05, 4.69) is 10.3 Å². The Morgan fingerprint density at radius 1 is 0.690 bits per heavy atom. The van der Waals surface area contributed by atoms with Crippen LogP contribution in [-0.4, -0.2) is 22.5 Å². The Kier molecular flexibility index (Phi) is 8.44. The third kappa shape index (κ3) is 7.09. The fourth-order valence-corrected chi connectivity index (χ4v) is 4.45. The summed E-state index contributed by atoms with van der Waals surface area (Å²) in [5.41, 5.74) is 4.77. The van der Waals surface area contributed by atoms with Crippen LogP contribution in [0.4, 0.5) is 5.69 Å². The molecule has 0 bridgehead atoms. The summed E-state index contributed by atoms with van der Waals surface area (Å²) in [6, 6.07) is 34.1. The van der Waals surface area contributed by atoms with Crippen LogP contribution in [0, 0.1) is 0 Å². The number of benzene rings is 4. The second kappa shape index (κ2) is 12.5. The minimum Gasteiger partial charge on any atom is -0.488 e. The van der Waals surface area contributed by atoms with Crippen molar-refractivity contribution in [2.24, 2.45) is 0 Å². The van der Waals surface area contributed by atoms with Crippen LogP contribution in [0.3, 0.4) is 0 Å². The number of ether oxygens (including phenoxy) is 2. The van der Waals surface area contributed by atoms with Crippen molar-refractivity contribution in [3.8, 4) is 28.0 Å². The van der Waals surface area contributed by atoms with Crippen molar-refractivity contribution in [3.63, 3.8) is 0 Å². The Bertz CT molecular complexity index is 1680. The highest BCUT2D eigenvalue weighted by molar-refractivity contribution is 6.10. The molecule has 1 N–H and O–H groups in total. The van der Waals surface area contributed by atoms with E-state index in [9.17, 15) is 9.59 Å². The molecule has 42 heavy (non-hydrogen) atoms. The van der Waals surface area contributed by atoms with Crippen LogP contribution in [0.2, 0.25) is 0 Å². The van der Waals surface area contributed by atoms with Crippen LogP contribution in [-0.2, 0) is 11.3 Å². The van der Waals surface area contributed by atoms with Crippen LogP contribution in [0.5, 0.6) is 5.75 Å². The normalized spacial score (nSPS) is 11.0. The number of nitrogens with one attached hydrogen (secondary N) is 1. The first-order valence-electron chi connectivity index (χ1n) is 13.7. The van der Waals surface area contributed by atoms with E-state index in [1.54, 1.807) is 36.7 Å². The Balaban J connectivity index is 1.53. The van der Waals surface area contributed by atoms with Crippen molar-refractivity contribution in [2.45, 2.75) is 33.0 Å². The van der Waals surface area contributed by atoms with Gasteiger partial charge in [-0.25, -0.2) is 4.79 Å². The molecule has 5 aromatic rings. The molecule has 0 saturated carbocycles. The van der Waals surface area contributed by atoms with Gasteiger partial charge in [0.05, 0.1) is 16.8 Å². The van der Waals surface area contributed by atoms with Crippen molar-refractivity contribution < 1.29 is 19.1 Å². The van der Waals surface area contributed by atoms with Crippen LogP contribution < -0.4 is 10.1 Å². The van der Waals surface area contributed by atoms with Crippen molar-refractivity contribution >= 4 is 17.6 Å². The molecule has 6 heteroatoms. The fourth-order valence-electron chi connectivity index (χ4n) is 4.45. The van der Waals surface area contributed by atoms with Gasteiger partial charge in [-0.3, -0.25) is 9.78 Å². The summed E-state index contributed by atoms with van der Waals surface area (Å²) in [4.78, 5) is 31.3. The van der Waals surface area contributed by atoms with Gasteiger partial charge in [-0.05, 0) is 85.0 Å². The third-order valence-corrected chi connectivity index (χ3v) is 6.47. The van der Waals surface area contributed by atoms with Gasteiger partial charge < -0.3 is 14.8 Å². The second-order valence-electron chi connectivity index (χ2n) is 10.8. The summed E-state index contributed by atoms with van der Waals surface area (Å²) in [5.74, 6) is -0.514. The van der Waals surface area contributed by atoms with E-state index < -0.39 is 17.5 Å². The molecule has 1 amide bonds. The number of anilines is 1. The number of hydrogen-bond acceptors (Lipinski definition) is 5. The quantitative estimate of drug-likeness (QED) is 0.195. The number of aromatic nitrogens is 1. The number of rotatable bonds is 8. The smallest absolute Gasteiger partial charge is 0.340 e. The van der Waals surface area contributed by atoms with Gasteiger partial charge in [0, 0.05) is 12.4 Å². The summed E-state index contributed by atoms with van der Waals surface area (Å²) in [6.07, 6.45) is 3.41. The average Bonchev–Trinajstić information content (AvgIpc) is 3.00. The molecular formula is C36H32N2O4. The molecule has 1 heterocycles. The lowest BCUT2D eigenvalue weighted by Crippen LogP contribution is -2.25. The molecule has 0 atom stereocenters. The number of hydrogen-bond donors (Lipinski definition) is 1. The van der Waals surface area contributed by atoms with Gasteiger partial charge in [-0.15, -0.1) is 0 Å². The third-order valence-electron chi connectivity index (χ3n) is 6.47. The fraction of sp³-hybridized carbons (Fsp3) is 0.139. The molecule has 0 spiro atoms. The van der Waals surface area contributed by atoms with Crippen molar-refractivity contribution in [2.75, 3.05) is 5.32 Å². The van der Waals surface area contributed by atoms with Gasteiger partial charge in [0.15, 0.2) is 0 Å². The monoisotopic (exact) mass is 556 g/mol. The van der Waals surface area contributed by atoms with Crippen LogP contribution in [0.1, 0.15) is 47.1 Å². The number of carbonyl (C=O) groups is 2. The lowest BCUT2D eigenvalue weighted by molar-refractivity contribution is 0.00707. The molecule has 5 rings (SSSR count). The summed E-state index contributed by atoms with van der Waals surface area (Å²) >= 11 is 0. The second-order valence-corrected chi connectivity index (χ2v) is 10.8. The van der Waals surface area contributed by atoms with E-state index in [-0.39, 0.29) is 5.56 Å². The molecule has 1 aromatic heterocycles. The van der Waals surface area contributed by atoms with Crippen molar-refractivity contribution in [1.82, 2.24) is 4.98 Å². The van der Waals surface area contributed by atoms with E-state index >= 15 is 0 Å². The van der Waals surface area contributed by atoms with E-state index in [1.807, 2.05) is 106 Å². The van der Waals surface area contributed by atoms with Crippen molar-refractivity contribution in [3.05, 3.63) is 138 Å². The molecule has 0 unspecified atom stereocenters. The number of nitrogens with zero attached hydrogens (tertiary/aromatic N) is 1. The maximum absolute atomic E-state index is 14.0. The highest BCUT2D eigenvalue weighted by atomic mass is 16.6. The number of carbonyl (C=O) groups excluding carboxylic acids is 2. The van der Waals surface area contributed by atoms with E-state index in [1.165, 1.54) is 0 Å². The summed E-state index contributed by atoms with van der Waals surface area (Å²) in [7, 11) is 0. The first-order valence-corrected chi connectivity index (χ1v) is 13.7. The Hall–Kier alpha value is -5.23. The zero-order chi connectivity index (χ0) is 29.5. The average molecular weight is 557 g/mol. The predicted molar refractivity (Wildman–Crippen MR) is 165 cm³/mol. The topological polar surface area (TPSA) is 77.5 Å². The highest BCUT2D eigenvalue weighted by Gasteiger charge is 2.23. The van der Waals surface area contributed by atoms with Crippen LogP contribution >= 0.6 is 0 Å².